The van der Waals surface area contributed by atoms with Gasteiger partial charge in [-0.05, 0) is 25.0 Å². The van der Waals surface area contributed by atoms with Gasteiger partial charge in [-0.2, -0.15) is 0 Å². The average Bonchev–Trinajstić information content (AvgIpc) is 2.52. The molecule has 6 heteroatoms. The lowest BCUT2D eigenvalue weighted by Gasteiger charge is -2.12. The van der Waals surface area contributed by atoms with Crippen molar-refractivity contribution < 1.29 is 8.42 Å². The smallest absolute Gasteiger partial charge is 0.152 e. The second kappa shape index (κ2) is 4.22. The zero-order valence-corrected chi connectivity index (χ0v) is 10.5. The molecule has 1 aromatic heterocycles. The first-order valence-electron chi connectivity index (χ1n) is 5.05. The number of aryl methyl sites for hydroxylation is 1. The van der Waals surface area contributed by atoms with Gasteiger partial charge in [0.25, 0.3) is 0 Å². The van der Waals surface area contributed by atoms with Crippen molar-refractivity contribution in [2.75, 3.05) is 16.8 Å². The summed E-state index contributed by atoms with van der Waals surface area (Å²) in [7, 11) is -2.84. The molecule has 1 N–H and O–H groups in total. The number of sulfone groups is 1. The highest BCUT2D eigenvalue weighted by Gasteiger charge is 2.27. The highest BCUT2D eigenvalue weighted by Crippen LogP contribution is 2.20. The Balaban J connectivity index is 2.08. The van der Waals surface area contributed by atoms with Crippen molar-refractivity contribution in [2.45, 2.75) is 19.4 Å². The van der Waals surface area contributed by atoms with Crippen LogP contribution in [0.25, 0.3) is 0 Å². The Morgan fingerprint density at radius 3 is 2.88 bits per heavy atom. The van der Waals surface area contributed by atoms with E-state index in [0.29, 0.717) is 11.6 Å². The molecule has 88 valence electrons. The standard InChI is InChI=1S/C10H13ClN2O2S/c1-7-4-9(5-12-10(7)11)13-8-2-3-16(14,15)6-8/h4-5,8,13H,2-3,6H2,1H3. The van der Waals surface area contributed by atoms with Crippen LogP contribution in [0.2, 0.25) is 5.15 Å². The summed E-state index contributed by atoms with van der Waals surface area (Å²) in [6.45, 7) is 1.87. The van der Waals surface area contributed by atoms with Crippen molar-refractivity contribution in [3.63, 3.8) is 0 Å². The first-order valence-corrected chi connectivity index (χ1v) is 7.25. The molecule has 0 spiro atoms. The number of nitrogens with one attached hydrogen (secondary N) is 1. The normalized spacial score (nSPS) is 23.2. The van der Waals surface area contributed by atoms with Crippen LogP contribution < -0.4 is 5.32 Å². The van der Waals surface area contributed by atoms with Crippen molar-refractivity contribution >= 4 is 27.1 Å². The van der Waals surface area contributed by atoms with Crippen molar-refractivity contribution in [3.8, 4) is 0 Å². The third-order valence-corrected chi connectivity index (χ3v) is 4.78. The Morgan fingerprint density at radius 2 is 2.31 bits per heavy atom. The second-order valence-corrected chi connectivity index (χ2v) is 6.66. The summed E-state index contributed by atoms with van der Waals surface area (Å²) in [4.78, 5) is 4.01. The first-order chi connectivity index (χ1) is 7.46. The van der Waals surface area contributed by atoms with Gasteiger partial charge >= 0.3 is 0 Å². The summed E-state index contributed by atoms with van der Waals surface area (Å²) in [5.41, 5.74) is 1.71. The molecule has 2 heterocycles. The van der Waals surface area contributed by atoms with Gasteiger partial charge < -0.3 is 5.32 Å². The topological polar surface area (TPSA) is 59.1 Å². The molecule has 16 heavy (non-hydrogen) atoms. The maximum Gasteiger partial charge on any atom is 0.152 e. The minimum atomic E-state index is -2.84. The molecule has 1 aliphatic heterocycles. The van der Waals surface area contributed by atoms with Crippen LogP contribution in [0.5, 0.6) is 0 Å². The number of halogens is 1. The molecular weight excluding hydrogens is 248 g/mol. The Hall–Kier alpha value is -0.810. The van der Waals surface area contributed by atoms with Crippen LogP contribution in [0.4, 0.5) is 5.69 Å². The number of anilines is 1. The van der Waals surface area contributed by atoms with Crippen molar-refractivity contribution in [1.82, 2.24) is 4.98 Å². The highest BCUT2D eigenvalue weighted by atomic mass is 35.5. The molecule has 0 aliphatic carbocycles. The molecule has 0 bridgehead atoms. The SMILES string of the molecule is Cc1cc(NC2CCS(=O)(=O)C2)cnc1Cl. The molecule has 0 saturated carbocycles. The number of hydrogen-bond acceptors (Lipinski definition) is 4. The van der Waals surface area contributed by atoms with Gasteiger partial charge in [0.15, 0.2) is 9.84 Å². The van der Waals surface area contributed by atoms with E-state index < -0.39 is 9.84 Å². The number of nitrogens with zero attached hydrogens (tertiary/aromatic N) is 1. The molecule has 2 rings (SSSR count). The molecule has 1 aliphatic rings. The van der Waals surface area contributed by atoms with Crippen LogP contribution in [-0.4, -0.2) is 30.9 Å². The van der Waals surface area contributed by atoms with Gasteiger partial charge in [-0.1, -0.05) is 11.6 Å². The third kappa shape index (κ3) is 2.65. The first kappa shape index (κ1) is 11.7. The second-order valence-electron chi connectivity index (χ2n) is 4.08. The van der Waals surface area contributed by atoms with E-state index >= 15 is 0 Å². The van der Waals surface area contributed by atoms with Crippen LogP contribution in [-0.2, 0) is 9.84 Å². The zero-order valence-electron chi connectivity index (χ0n) is 8.90. The summed E-state index contributed by atoms with van der Waals surface area (Å²) in [5.74, 6) is 0.472. The summed E-state index contributed by atoms with van der Waals surface area (Å²) in [5, 5.41) is 3.64. The predicted octanol–water partition coefficient (Wildman–Crippen LogP) is 1.64. The summed E-state index contributed by atoms with van der Waals surface area (Å²) < 4.78 is 22.6. The molecule has 0 radical (unpaired) electrons. The molecule has 1 aromatic rings. The van der Waals surface area contributed by atoms with Crippen LogP contribution in [0, 0.1) is 6.92 Å². The number of pyridine rings is 1. The third-order valence-electron chi connectivity index (χ3n) is 2.62. The van der Waals surface area contributed by atoms with E-state index in [1.54, 1.807) is 6.20 Å². The van der Waals surface area contributed by atoms with Gasteiger partial charge in [0.2, 0.25) is 0 Å². The Labute approximate surface area is 99.9 Å². The van der Waals surface area contributed by atoms with Gasteiger partial charge in [-0.15, -0.1) is 0 Å². The summed E-state index contributed by atoms with van der Waals surface area (Å²) in [6.07, 6.45) is 2.28. The van der Waals surface area contributed by atoms with Crippen LogP contribution in [0.1, 0.15) is 12.0 Å². The minimum absolute atomic E-state index is 0.00706. The van der Waals surface area contributed by atoms with Crippen LogP contribution in [0.15, 0.2) is 12.3 Å². The quantitative estimate of drug-likeness (QED) is 0.822. The van der Waals surface area contributed by atoms with E-state index in [1.807, 2.05) is 13.0 Å². The van der Waals surface area contributed by atoms with Gasteiger partial charge in [-0.25, -0.2) is 13.4 Å². The zero-order chi connectivity index (χ0) is 11.8. The molecular formula is C10H13ClN2O2S. The van der Waals surface area contributed by atoms with E-state index in [4.69, 9.17) is 11.6 Å². The molecule has 1 saturated heterocycles. The molecule has 0 amide bonds. The van der Waals surface area contributed by atoms with Crippen molar-refractivity contribution in [3.05, 3.63) is 23.0 Å². The Morgan fingerprint density at radius 1 is 1.56 bits per heavy atom. The van der Waals surface area contributed by atoms with E-state index in [-0.39, 0.29) is 17.5 Å². The van der Waals surface area contributed by atoms with Gasteiger partial charge in [-0.3, -0.25) is 0 Å². The predicted molar refractivity (Wildman–Crippen MR) is 64.7 cm³/mol. The lowest BCUT2D eigenvalue weighted by Crippen LogP contribution is -2.20. The lowest BCUT2D eigenvalue weighted by atomic mass is 10.2. The van der Waals surface area contributed by atoms with Crippen LogP contribution >= 0.6 is 11.6 Å². The number of rotatable bonds is 2. The number of hydrogen-bond donors (Lipinski definition) is 1. The van der Waals surface area contributed by atoms with Crippen molar-refractivity contribution in [1.29, 1.82) is 0 Å². The molecule has 1 atom stereocenters. The fourth-order valence-corrected chi connectivity index (χ4v) is 3.56. The van der Waals surface area contributed by atoms with E-state index in [2.05, 4.69) is 10.3 Å². The average molecular weight is 261 g/mol. The monoisotopic (exact) mass is 260 g/mol. The Bertz CT molecular complexity index is 502. The molecule has 0 aromatic carbocycles. The lowest BCUT2D eigenvalue weighted by molar-refractivity contribution is 0.602. The minimum Gasteiger partial charge on any atom is -0.380 e. The molecule has 4 nitrogen and oxygen atoms in total. The molecule has 1 unspecified atom stereocenters. The molecule has 1 fully saturated rings. The van der Waals surface area contributed by atoms with Gasteiger partial charge in [0.05, 0.1) is 23.4 Å². The van der Waals surface area contributed by atoms with E-state index in [9.17, 15) is 8.42 Å². The fraction of sp³-hybridized carbons (Fsp3) is 0.500. The Kier molecular flexibility index (Phi) is 3.08. The maximum absolute atomic E-state index is 11.3. The highest BCUT2D eigenvalue weighted by molar-refractivity contribution is 7.91. The summed E-state index contributed by atoms with van der Waals surface area (Å²) in [6, 6.07) is 1.87. The van der Waals surface area contributed by atoms with Crippen molar-refractivity contribution in [2.24, 2.45) is 0 Å². The largest absolute Gasteiger partial charge is 0.380 e. The number of aromatic nitrogens is 1. The maximum atomic E-state index is 11.3. The van der Waals surface area contributed by atoms with Gasteiger partial charge in [0.1, 0.15) is 5.15 Å². The van der Waals surface area contributed by atoms with Gasteiger partial charge in [0, 0.05) is 6.04 Å². The summed E-state index contributed by atoms with van der Waals surface area (Å²) >= 11 is 5.81. The fourth-order valence-electron chi connectivity index (χ4n) is 1.78. The van der Waals surface area contributed by atoms with E-state index in [0.717, 1.165) is 11.3 Å². The van der Waals surface area contributed by atoms with E-state index in [1.165, 1.54) is 0 Å². The van der Waals surface area contributed by atoms with Crippen LogP contribution in [0.3, 0.4) is 0 Å².